The third-order valence-corrected chi connectivity index (χ3v) is 6.23. The van der Waals surface area contributed by atoms with E-state index in [1.165, 1.54) is 25.3 Å². The first-order valence-corrected chi connectivity index (χ1v) is 11.4. The highest BCUT2D eigenvalue weighted by Crippen LogP contribution is 2.33. The number of nitrogens with zero attached hydrogens (tertiary/aromatic N) is 2. The van der Waals surface area contributed by atoms with E-state index in [2.05, 4.69) is 10.4 Å². The molecule has 0 saturated carbocycles. The fraction of sp³-hybridized carbons (Fsp3) is 0.179. The smallest absolute Gasteiger partial charge is 0.342 e. The van der Waals surface area contributed by atoms with Crippen LogP contribution in [0.2, 0.25) is 0 Å². The van der Waals surface area contributed by atoms with E-state index in [9.17, 15) is 14.0 Å². The number of ether oxygens (including phenoxy) is 1. The number of para-hydroxylation sites is 1. The van der Waals surface area contributed by atoms with Gasteiger partial charge in [-0.15, -0.1) is 0 Å². The monoisotopic (exact) mass is 485 g/mol. The molecule has 8 heteroatoms. The number of methoxy groups -OCH3 is 1. The quantitative estimate of drug-likeness (QED) is 0.319. The van der Waals surface area contributed by atoms with Crippen LogP contribution in [0, 0.1) is 12.7 Å². The van der Waals surface area contributed by atoms with Gasteiger partial charge in [-0.1, -0.05) is 30.3 Å². The average molecular weight is 486 g/mol. The van der Waals surface area contributed by atoms with E-state index in [1.54, 1.807) is 16.8 Å². The van der Waals surface area contributed by atoms with Crippen molar-refractivity contribution in [3.63, 3.8) is 0 Å². The first-order chi connectivity index (χ1) is 17.3. The summed E-state index contributed by atoms with van der Waals surface area (Å²) in [7, 11) is 3.04. The molecule has 5 rings (SSSR count). The van der Waals surface area contributed by atoms with Gasteiger partial charge in [-0.25, -0.2) is 9.18 Å². The van der Waals surface area contributed by atoms with Crippen molar-refractivity contribution in [2.45, 2.75) is 19.9 Å². The average Bonchev–Trinajstić information content (AvgIpc) is 3.20. The molecule has 0 radical (unpaired) electrons. The van der Waals surface area contributed by atoms with Crippen molar-refractivity contribution in [1.82, 2.24) is 9.78 Å². The third kappa shape index (κ3) is 3.90. The SMILES string of the molecule is COC(=O)c1c(F)cccc1NC(C)c1cc(C)cc2c(=O)cc(-c3nn(C)c4ccccc34)oc12. The van der Waals surface area contributed by atoms with Crippen LogP contribution in [0.3, 0.4) is 0 Å². The van der Waals surface area contributed by atoms with Gasteiger partial charge in [0.25, 0.3) is 0 Å². The summed E-state index contributed by atoms with van der Waals surface area (Å²) < 4.78 is 27.3. The number of nitrogens with one attached hydrogen (secondary N) is 1. The molecule has 2 aromatic heterocycles. The van der Waals surface area contributed by atoms with Crippen LogP contribution in [0.1, 0.15) is 34.5 Å². The Morgan fingerprint density at radius 1 is 1.11 bits per heavy atom. The standard InChI is InChI=1S/C28H24FN3O4/c1-15-12-18(16(2)30-21-10-7-9-20(29)25(21)28(34)35-4)27-19(13-15)23(33)14-24(36-27)26-17-8-5-6-11-22(17)32(3)31-26/h5-14,16,30H,1-4H3. The topological polar surface area (TPSA) is 86.4 Å². The molecule has 5 aromatic rings. The van der Waals surface area contributed by atoms with Crippen LogP contribution in [0.25, 0.3) is 33.3 Å². The fourth-order valence-corrected chi connectivity index (χ4v) is 4.53. The van der Waals surface area contributed by atoms with Crippen molar-refractivity contribution in [3.05, 3.63) is 93.4 Å². The van der Waals surface area contributed by atoms with Gasteiger partial charge in [-0.3, -0.25) is 9.48 Å². The minimum atomic E-state index is -0.784. The number of rotatable bonds is 5. The van der Waals surface area contributed by atoms with Crippen LogP contribution in [-0.2, 0) is 11.8 Å². The number of carbonyl (C=O) groups is 1. The van der Waals surface area contributed by atoms with E-state index in [0.717, 1.165) is 16.5 Å². The predicted octanol–water partition coefficient (Wildman–Crippen LogP) is 5.75. The summed E-state index contributed by atoms with van der Waals surface area (Å²) in [6, 6.07) is 16.7. The van der Waals surface area contributed by atoms with Crippen LogP contribution in [0.5, 0.6) is 0 Å². The first-order valence-electron chi connectivity index (χ1n) is 11.4. The Bertz CT molecular complexity index is 1700. The highest BCUT2D eigenvalue weighted by atomic mass is 19.1. The Morgan fingerprint density at radius 2 is 1.89 bits per heavy atom. The van der Waals surface area contributed by atoms with Gasteiger partial charge < -0.3 is 14.5 Å². The number of hydrogen-bond donors (Lipinski definition) is 1. The van der Waals surface area contributed by atoms with Gasteiger partial charge in [-0.05, 0) is 43.7 Å². The second-order valence-electron chi connectivity index (χ2n) is 8.72. The number of esters is 1. The number of aryl methyl sites for hydroxylation is 2. The van der Waals surface area contributed by atoms with Gasteiger partial charge in [0.2, 0.25) is 0 Å². The molecule has 1 N–H and O–H groups in total. The zero-order valence-corrected chi connectivity index (χ0v) is 20.3. The molecular formula is C28H24FN3O4. The molecule has 2 heterocycles. The molecule has 0 bridgehead atoms. The summed E-state index contributed by atoms with van der Waals surface area (Å²) >= 11 is 0. The number of aromatic nitrogens is 2. The number of benzene rings is 3. The normalized spacial score (nSPS) is 12.1. The van der Waals surface area contributed by atoms with E-state index >= 15 is 0 Å². The Morgan fingerprint density at radius 3 is 2.67 bits per heavy atom. The highest BCUT2D eigenvalue weighted by molar-refractivity contribution is 5.96. The molecule has 1 unspecified atom stereocenters. The molecule has 3 aromatic carbocycles. The maximum absolute atomic E-state index is 14.5. The Hall–Kier alpha value is -4.46. The van der Waals surface area contributed by atoms with Crippen LogP contribution in [0.15, 0.2) is 69.9 Å². The predicted molar refractivity (Wildman–Crippen MR) is 137 cm³/mol. The Balaban J connectivity index is 1.67. The number of anilines is 1. The molecule has 1 atom stereocenters. The molecule has 7 nitrogen and oxygen atoms in total. The second kappa shape index (κ2) is 8.96. The van der Waals surface area contributed by atoms with Crippen molar-refractivity contribution in [3.8, 4) is 11.5 Å². The molecule has 0 aliphatic carbocycles. The molecular weight excluding hydrogens is 461 g/mol. The Labute approximate surface area is 206 Å². The Kier molecular flexibility index (Phi) is 5.80. The van der Waals surface area contributed by atoms with Crippen molar-refractivity contribution < 1.29 is 18.3 Å². The lowest BCUT2D eigenvalue weighted by molar-refractivity contribution is 0.0596. The van der Waals surface area contributed by atoms with Gasteiger partial charge in [-0.2, -0.15) is 5.10 Å². The second-order valence-corrected chi connectivity index (χ2v) is 8.72. The number of hydrogen-bond acceptors (Lipinski definition) is 6. The number of halogens is 1. The lowest BCUT2D eigenvalue weighted by atomic mass is 10.00. The molecule has 0 saturated heterocycles. The number of fused-ring (bicyclic) bond motifs is 2. The van der Waals surface area contributed by atoms with Crippen molar-refractivity contribution >= 4 is 33.5 Å². The lowest BCUT2D eigenvalue weighted by Crippen LogP contribution is -2.14. The molecule has 182 valence electrons. The summed E-state index contributed by atoms with van der Waals surface area (Å²) in [6.07, 6.45) is 0. The van der Waals surface area contributed by atoms with Crippen molar-refractivity contribution in [2.75, 3.05) is 12.4 Å². The molecule has 0 aliphatic heterocycles. The summed E-state index contributed by atoms with van der Waals surface area (Å²) in [5.74, 6) is -1.13. The molecule has 0 amide bonds. The lowest BCUT2D eigenvalue weighted by Gasteiger charge is -2.20. The van der Waals surface area contributed by atoms with Crippen LogP contribution in [0.4, 0.5) is 10.1 Å². The van der Waals surface area contributed by atoms with Crippen molar-refractivity contribution in [2.24, 2.45) is 7.05 Å². The van der Waals surface area contributed by atoms with E-state index in [4.69, 9.17) is 9.15 Å². The maximum atomic E-state index is 14.5. The summed E-state index contributed by atoms with van der Waals surface area (Å²) in [6.45, 7) is 3.74. The minimum Gasteiger partial charge on any atom is -0.465 e. The van der Waals surface area contributed by atoms with Gasteiger partial charge in [0, 0.05) is 24.1 Å². The zero-order valence-electron chi connectivity index (χ0n) is 20.3. The van der Waals surface area contributed by atoms with Crippen LogP contribution in [-0.4, -0.2) is 22.9 Å². The molecule has 0 aliphatic rings. The van der Waals surface area contributed by atoms with Gasteiger partial charge >= 0.3 is 5.97 Å². The van der Waals surface area contributed by atoms with Crippen LogP contribution < -0.4 is 10.7 Å². The van der Waals surface area contributed by atoms with E-state index in [0.29, 0.717) is 28.0 Å². The largest absolute Gasteiger partial charge is 0.465 e. The summed E-state index contributed by atoms with van der Waals surface area (Å²) in [4.78, 5) is 25.4. The van der Waals surface area contributed by atoms with Gasteiger partial charge in [0.05, 0.1) is 29.7 Å². The van der Waals surface area contributed by atoms with Crippen molar-refractivity contribution in [1.29, 1.82) is 0 Å². The molecule has 0 fully saturated rings. The number of carbonyl (C=O) groups excluding carboxylic acids is 1. The fourth-order valence-electron chi connectivity index (χ4n) is 4.53. The maximum Gasteiger partial charge on any atom is 0.342 e. The highest BCUT2D eigenvalue weighted by Gasteiger charge is 2.22. The minimum absolute atomic E-state index is 0.189. The van der Waals surface area contributed by atoms with E-state index in [1.807, 2.05) is 51.2 Å². The summed E-state index contributed by atoms with van der Waals surface area (Å²) in [5, 5.41) is 9.08. The van der Waals surface area contributed by atoms with Gasteiger partial charge in [0.1, 0.15) is 22.7 Å². The van der Waals surface area contributed by atoms with Crippen LogP contribution >= 0.6 is 0 Å². The zero-order chi connectivity index (χ0) is 25.6. The van der Waals surface area contributed by atoms with Gasteiger partial charge in [0.15, 0.2) is 11.2 Å². The van der Waals surface area contributed by atoms with E-state index in [-0.39, 0.29) is 16.7 Å². The third-order valence-electron chi connectivity index (χ3n) is 6.23. The molecule has 36 heavy (non-hydrogen) atoms. The molecule has 0 spiro atoms. The first kappa shape index (κ1) is 23.3. The van der Waals surface area contributed by atoms with E-state index < -0.39 is 17.8 Å². The summed E-state index contributed by atoms with van der Waals surface area (Å²) in [5.41, 5.74) is 3.32.